The third-order valence-corrected chi connectivity index (χ3v) is 3.86. The maximum absolute atomic E-state index is 10.9. The summed E-state index contributed by atoms with van der Waals surface area (Å²) in [4.78, 5) is 12.9. The normalized spacial score (nSPS) is 23.4. The first-order chi connectivity index (χ1) is 9.01. The lowest BCUT2D eigenvalue weighted by Gasteiger charge is -2.37. The Labute approximate surface area is 114 Å². The monoisotopic (exact) mass is 262 g/mol. The number of hydrogen-bond donors (Lipinski definition) is 0. The van der Waals surface area contributed by atoms with Crippen LogP contribution in [0.1, 0.15) is 32.8 Å². The summed E-state index contributed by atoms with van der Waals surface area (Å²) >= 11 is 0. The smallest absolute Gasteiger partial charge is 0.269 e. The van der Waals surface area contributed by atoms with Crippen LogP contribution >= 0.6 is 0 Å². The van der Waals surface area contributed by atoms with Gasteiger partial charge in [0.25, 0.3) is 5.69 Å². The topological polar surface area (TPSA) is 46.4 Å². The largest absolute Gasteiger partial charge is 0.371 e. The minimum atomic E-state index is -0.315. The summed E-state index contributed by atoms with van der Waals surface area (Å²) in [6.07, 6.45) is 2.10. The number of nitrogens with zero attached hydrogens (tertiary/aromatic N) is 2. The molecule has 0 amide bonds. The third-order valence-electron chi connectivity index (χ3n) is 3.86. The van der Waals surface area contributed by atoms with Gasteiger partial charge in [-0.1, -0.05) is 20.8 Å². The van der Waals surface area contributed by atoms with Crippen LogP contribution in [0.15, 0.2) is 18.2 Å². The van der Waals surface area contributed by atoms with E-state index in [0.717, 1.165) is 25.1 Å². The zero-order valence-electron chi connectivity index (χ0n) is 11.9. The first-order valence-corrected chi connectivity index (χ1v) is 7.03. The van der Waals surface area contributed by atoms with E-state index in [0.29, 0.717) is 11.8 Å². The molecule has 2 rings (SSSR count). The van der Waals surface area contributed by atoms with Crippen molar-refractivity contribution in [3.8, 4) is 0 Å². The summed E-state index contributed by atoms with van der Waals surface area (Å²) in [5.41, 5.74) is 2.45. The van der Waals surface area contributed by atoms with Gasteiger partial charge in [0.15, 0.2) is 0 Å². The number of piperidine rings is 1. The van der Waals surface area contributed by atoms with Crippen LogP contribution in [0, 0.1) is 22.0 Å². The van der Waals surface area contributed by atoms with Gasteiger partial charge in [-0.2, -0.15) is 0 Å². The van der Waals surface area contributed by atoms with E-state index >= 15 is 0 Å². The molecule has 0 saturated carbocycles. The van der Waals surface area contributed by atoms with E-state index in [1.807, 2.05) is 6.07 Å². The van der Waals surface area contributed by atoms with Crippen molar-refractivity contribution in [2.75, 3.05) is 18.0 Å². The predicted molar refractivity (Wildman–Crippen MR) is 77.6 cm³/mol. The van der Waals surface area contributed by atoms with Crippen LogP contribution in [0.2, 0.25) is 0 Å². The lowest BCUT2D eigenvalue weighted by Crippen LogP contribution is -2.39. The first-order valence-electron chi connectivity index (χ1n) is 7.03. The van der Waals surface area contributed by atoms with Gasteiger partial charge in [0.1, 0.15) is 0 Å². The standard InChI is InChI=1S/C15H22N2O2/c1-4-13-8-14(17(18)19)5-6-15(13)16-9-11(2)7-12(3)10-16/h5-6,8,11-12H,4,7,9-10H2,1-3H3/t11-,12+. The number of non-ortho nitro benzene ring substituents is 1. The van der Waals surface area contributed by atoms with Crippen molar-refractivity contribution in [3.05, 3.63) is 33.9 Å². The van der Waals surface area contributed by atoms with Gasteiger partial charge in [-0.15, -0.1) is 0 Å². The Morgan fingerprint density at radius 3 is 2.47 bits per heavy atom. The van der Waals surface area contributed by atoms with Crippen LogP contribution < -0.4 is 4.90 Å². The number of benzene rings is 1. The molecule has 1 aromatic rings. The highest BCUT2D eigenvalue weighted by Gasteiger charge is 2.24. The van der Waals surface area contributed by atoms with E-state index < -0.39 is 0 Å². The Bertz CT molecular complexity index is 463. The Balaban J connectivity index is 2.30. The van der Waals surface area contributed by atoms with E-state index in [-0.39, 0.29) is 10.6 Å². The van der Waals surface area contributed by atoms with Crippen molar-refractivity contribution < 1.29 is 4.92 Å². The Morgan fingerprint density at radius 2 is 1.95 bits per heavy atom. The fourth-order valence-electron chi connectivity index (χ4n) is 3.14. The molecular formula is C15H22N2O2. The van der Waals surface area contributed by atoms with Crippen LogP contribution in [0.3, 0.4) is 0 Å². The highest BCUT2D eigenvalue weighted by atomic mass is 16.6. The lowest BCUT2D eigenvalue weighted by atomic mass is 9.91. The molecule has 104 valence electrons. The average molecular weight is 262 g/mol. The predicted octanol–water partition coefficient (Wildman–Crippen LogP) is 3.64. The van der Waals surface area contributed by atoms with Crippen molar-refractivity contribution in [1.82, 2.24) is 0 Å². The van der Waals surface area contributed by atoms with Gasteiger partial charge >= 0.3 is 0 Å². The molecule has 1 fully saturated rings. The summed E-state index contributed by atoms with van der Waals surface area (Å²) in [7, 11) is 0. The average Bonchev–Trinajstić information content (AvgIpc) is 2.36. The van der Waals surface area contributed by atoms with E-state index in [1.54, 1.807) is 12.1 Å². The van der Waals surface area contributed by atoms with Gasteiger partial charge in [-0.05, 0) is 36.3 Å². The van der Waals surface area contributed by atoms with E-state index in [9.17, 15) is 10.1 Å². The fraction of sp³-hybridized carbons (Fsp3) is 0.600. The molecule has 1 aliphatic heterocycles. The van der Waals surface area contributed by atoms with Crippen LogP contribution in [-0.2, 0) is 6.42 Å². The van der Waals surface area contributed by atoms with Gasteiger partial charge in [-0.25, -0.2) is 0 Å². The minimum absolute atomic E-state index is 0.193. The zero-order chi connectivity index (χ0) is 14.0. The van der Waals surface area contributed by atoms with Gasteiger partial charge in [0, 0.05) is 30.9 Å². The number of hydrogen-bond acceptors (Lipinski definition) is 3. The molecule has 0 radical (unpaired) electrons. The summed E-state index contributed by atoms with van der Waals surface area (Å²) in [5, 5.41) is 10.9. The summed E-state index contributed by atoms with van der Waals surface area (Å²) in [5.74, 6) is 1.37. The number of nitro groups is 1. The summed E-state index contributed by atoms with van der Waals surface area (Å²) in [6, 6.07) is 5.26. The number of rotatable bonds is 3. The number of anilines is 1. The van der Waals surface area contributed by atoms with Crippen molar-refractivity contribution in [3.63, 3.8) is 0 Å². The molecule has 1 aliphatic rings. The van der Waals surface area contributed by atoms with Crippen molar-refractivity contribution in [2.24, 2.45) is 11.8 Å². The summed E-state index contributed by atoms with van der Waals surface area (Å²) in [6.45, 7) is 8.71. The van der Waals surface area contributed by atoms with Crippen molar-refractivity contribution >= 4 is 11.4 Å². The lowest BCUT2D eigenvalue weighted by molar-refractivity contribution is -0.384. The molecule has 0 aromatic heterocycles. The van der Waals surface area contributed by atoms with Crippen molar-refractivity contribution in [1.29, 1.82) is 0 Å². The maximum Gasteiger partial charge on any atom is 0.269 e. The van der Waals surface area contributed by atoms with Crippen LogP contribution in [-0.4, -0.2) is 18.0 Å². The molecule has 0 bridgehead atoms. The van der Waals surface area contributed by atoms with Crippen LogP contribution in [0.5, 0.6) is 0 Å². The Kier molecular flexibility index (Phi) is 4.08. The second kappa shape index (κ2) is 5.59. The molecule has 2 atom stereocenters. The van der Waals surface area contributed by atoms with E-state index in [2.05, 4.69) is 25.7 Å². The second-order valence-corrected chi connectivity index (χ2v) is 5.77. The molecule has 4 heteroatoms. The molecule has 0 unspecified atom stereocenters. The second-order valence-electron chi connectivity index (χ2n) is 5.77. The number of nitro benzene ring substituents is 1. The minimum Gasteiger partial charge on any atom is -0.371 e. The molecule has 0 aliphatic carbocycles. The molecular weight excluding hydrogens is 240 g/mol. The van der Waals surface area contributed by atoms with Crippen molar-refractivity contribution in [2.45, 2.75) is 33.6 Å². The van der Waals surface area contributed by atoms with Gasteiger partial charge in [0.05, 0.1) is 4.92 Å². The fourth-order valence-corrected chi connectivity index (χ4v) is 3.14. The van der Waals surface area contributed by atoms with Crippen LogP contribution in [0.4, 0.5) is 11.4 Å². The molecule has 1 aromatic carbocycles. The molecule has 0 N–H and O–H groups in total. The highest BCUT2D eigenvalue weighted by molar-refractivity contribution is 5.58. The van der Waals surface area contributed by atoms with Gasteiger partial charge < -0.3 is 4.90 Å². The third kappa shape index (κ3) is 3.06. The van der Waals surface area contributed by atoms with Gasteiger partial charge in [0.2, 0.25) is 0 Å². The quantitative estimate of drug-likeness (QED) is 0.617. The number of aryl methyl sites for hydroxylation is 1. The highest BCUT2D eigenvalue weighted by Crippen LogP contribution is 2.31. The van der Waals surface area contributed by atoms with E-state index in [4.69, 9.17) is 0 Å². The van der Waals surface area contributed by atoms with Gasteiger partial charge in [-0.3, -0.25) is 10.1 Å². The van der Waals surface area contributed by atoms with E-state index in [1.165, 1.54) is 12.1 Å². The maximum atomic E-state index is 10.9. The SMILES string of the molecule is CCc1cc([N+](=O)[O-])ccc1N1C[C@H](C)C[C@H](C)C1. The first kappa shape index (κ1) is 13.8. The van der Waals surface area contributed by atoms with Crippen LogP contribution in [0.25, 0.3) is 0 Å². The molecule has 1 saturated heterocycles. The zero-order valence-corrected chi connectivity index (χ0v) is 11.9. The molecule has 0 spiro atoms. The molecule has 4 nitrogen and oxygen atoms in total. The Hall–Kier alpha value is -1.58. The summed E-state index contributed by atoms with van der Waals surface area (Å²) < 4.78 is 0. The molecule has 19 heavy (non-hydrogen) atoms. The molecule has 1 heterocycles. The Morgan fingerprint density at radius 1 is 1.32 bits per heavy atom.